The number of rotatable bonds is 2. The molecule has 0 spiro atoms. The SMILES string of the molecule is O=C(O)CC1CN(C(=O)N2CCCc3ccccc32)C1. The van der Waals surface area contributed by atoms with Gasteiger partial charge in [-0.25, -0.2) is 4.79 Å². The first-order valence-corrected chi connectivity index (χ1v) is 7.01. The van der Waals surface area contributed by atoms with Crippen molar-refractivity contribution in [2.45, 2.75) is 19.3 Å². The Morgan fingerprint density at radius 2 is 2.00 bits per heavy atom. The average molecular weight is 274 g/mol. The fraction of sp³-hybridized carbons (Fsp3) is 0.467. The monoisotopic (exact) mass is 274 g/mol. The van der Waals surface area contributed by atoms with Crippen molar-refractivity contribution >= 4 is 17.7 Å². The molecule has 1 aromatic carbocycles. The number of aryl methyl sites for hydroxylation is 1. The summed E-state index contributed by atoms with van der Waals surface area (Å²) in [6, 6.07) is 8.02. The molecule has 0 bridgehead atoms. The van der Waals surface area contributed by atoms with E-state index in [0.717, 1.165) is 25.1 Å². The Morgan fingerprint density at radius 3 is 2.75 bits per heavy atom. The molecule has 1 saturated heterocycles. The molecule has 5 heteroatoms. The molecule has 3 rings (SSSR count). The Bertz CT molecular complexity index is 538. The normalized spacial score (nSPS) is 18.4. The highest BCUT2D eigenvalue weighted by Crippen LogP contribution is 2.29. The second-order valence-electron chi connectivity index (χ2n) is 5.54. The zero-order valence-corrected chi connectivity index (χ0v) is 11.3. The van der Waals surface area contributed by atoms with Crippen molar-refractivity contribution in [2.75, 3.05) is 24.5 Å². The summed E-state index contributed by atoms with van der Waals surface area (Å²) in [6.45, 7) is 1.86. The fourth-order valence-corrected chi connectivity index (χ4v) is 3.01. The number of carboxylic acids is 1. The highest BCUT2D eigenvalue weighted by molar-refractivity contribution is 5.93. The summed E-state index contributed by atoms with van der Waals surface area (Å²) in [5.74, 6) is -0.679. The summed E-state index contributed by atoms with van der Waals surface area (Å²) in [5, 5.41) is 8.74. The molecule has 2 heterocycles. The molecule has 0 aromatic heterocycles. The van der Waals surface area contributed by atoms with Gasteiger partial charge in [0, 0.05) is 31.2 Å². The van der Waals surface area contributed by atoms with Gasteiger partial charge in [0.2, 0.25) is 0 Å². The summed E-state index contributed by atoms with van der Waals surface area (Å²) in [5.41, 5.74) is 2.22. The quantitative estimate of drug-likeness (QED) is 0.897. The van der Waals surface area contributed by atoms with Crippen LogP contribution in [0.2, 0.25) is 0 Å². The lowest BCUT2D eigenvalue weighted by Crippen LogP contribution is -2.56. The van der Waals surface area contributed by atoms with Gasteiger partial charge < -0.3 is 10.0 Å². The molecule has 1 aromatic rings. The number of nitrogens with zero attached hydrogens (tertiary/aromatic N) is 2. The maximum absolute atomic E-state index is 12.5. The van der Waals surface area contributed by atoms with Gasteiger partial charge in [0.05, 0.1) is 6.42 Å². The number of fused-ring (bicyclic) bond motifs is 1. The van der Waals surface area contributed by atoms with E-state index in [-0.39, 0.29) is 18.4 Å². The van der Waals surface area contributed by atoms with Gasteiger partial charge in [0.1, 0.15) is 0 Å². The molecule has 106 valence electrons. The third-order valence-electron chi connectivity index (χ3n) is 4.03. The Labute approximate surface area is 117 Å². The third-order valence-corrected chi connectivity index (χ3v) is 4.03. The third kappa shape index (κ3) is 2.35. The van der Waals surface area contributed by atoms with Crippen molar-refractivity contribution in [3.05, 3.63) is 29.8 Å². The number of hydrogen-bond acceptors (Lipinski definition) is 2. The number of amides is 2. The minimum absolute atomic E-state index is 0.0128. The second kappa shape index (κ2) is 5.15. The fourth-order valence-electron chi connectivity index (χ4n) is 3.01. The van der Waals surface area contributed by atoms with Gasteiger partial charge in [0.25, 0.3) is 0 Å². The van der Waals surface area contributed by atoms with E-state index >= 15 is 0 Å². The van der Waals surface area contributed by atoms with Gasteiger partial charge in [-0.2, -0.15) is 0 Å². The Hall–Kier alpha value is -2.04. The summed E-state index contributed by atoms with van der Waals surface area (Å²) in [4.78, 5) is 26.7. The zero-order valence-electron chi connectivity index (χ0n) is 11.3. The van der Waals surface area contributed by atoms with E-state index in [1.165, 1.54) is 5.56 Å². The van der Waals surface area contributed by atoms with Crippen LogP contribution in [0.5, 0.6) is 0 Å². The van der Waals surface area contributed by atoms with Gasteiger partial charge >= 0.3 is 12.0 Å². The molecular weight excluding hydrogens is 256 g/mol. The van der Waals surface area contributed by atoms with Crippen molar-refractivity contribution in [1.82, 2.24) is 4.90 Å². The Balaban J connectivity index is 1.66. The highest BCUT2D eigenvalue weighted by atomic mass is 16.4. The van der Waals surface area contributed by atoms with Crippen molar-refractivity contribution in [3.8, 4) is 0 Å². The van der Waals surface area contributed by atoms with Crippen LogP contribution in [0.4, 0.5) is 10.5 Å². The van der Waals surface area contributed by atoms with Crippen molar-refractivity contribution in [3.63, 3.8) is 0 Å². The molecule has 1 fully saturated rings. The number of likely N-dealkylation sites (tertiary alicyclic amines) is 1. The first-order chi connectivity index (χ1) is 9.65. The van der Waals surface area contributed by atoms with Crippen LogP contribution < -0.4 is 4.90 Å². The number of carboxylic acid groups (broad SMARTS) is 1. The summed E-state index contributed by atoms with van der Waals surface area (Å²) < 4.78 is 0. The molecule has 0 saturated carbocycles. The molecule has 2 aliphatic heterocycles. The maximum Gasteiger partial charge on any atom is 0.324 e. The summed E-state index contributed by atoms with van der Waals surface area (Å²) in [7, 11) is 0. The summed E-state index contributed by atoms with van der Waals surface area (Å²) >= 11 is 0. The lowest BCUT2D eigenvalue weighted by molar-refractivity contribution is -0.139. The molecule has 0 atom stereocenters. The number of para-hydroxylation sites is 1. The van der Waals surface area contributed by atoms with E-state index in [2.05, 4.69) is 6.07 Å². The van der Waals surface area contributed by atoms with Gasteiger partial charge in [-0.1, -0.05) is 18.2 Å². The van der Waals surface area contributed by atoms with Crippen LogP contribution in [0.3, 0.4) is 0 Å². The molecule has 0 unspecified atom stereocenters. The predicted molar refractivity (Wildman–Crippen MR) is 74.8 cm³/mol. The smallest absolute Gasteiger partial charge is 0.324 e. The van der Waals surface area contributed by atoms with E-state index in [1.54, 1.807) is 4.90 Å². The first kappa shape index (κ1) is 13.0. The minimum Gasteiger partial charge on any atom is -0.481 e. The lowest BCUT2D eigenvalue weighted by atomic mass is 9.96. The molecule has 0 radical (unpaired) electrons. The number of carbonyl (C=O) groups excluding carboxylic acids is 1. The van der Waals surface area contributed by atoms with Crippen LogP contribution in [0.25, 0.3) is 0 Å². The van der Waals surface area contributed by atoms with Crippen LogP contribution in [0.1, 0.15) is 18.4 Å². The van der Waals surface area contributed by atoms with E-state index < -0.39 is 5.97 Å². The maximum atomic E-state index is 12.5. The molecule has 0 aliphatic carbocycles. The zero-order chi connectivity index (χ0) is 14.1. The Morgan fingerprint density at radius 1 is 1.25 bits per heavy atom. The topological polar surface area (TPSA) is 60.9 Å². The van der Waals surface area contributed by atoms with Crippen molar-refractivity contribution in [2.24, 2.45) is 5.92 Å². The molecule has 2 aliphatic rings. The average Bonchev–Trinajstić information content (AvgIpc) is 2.41. The van der Waals surface area contributed by atoms with Gasteiger partial charge in [-0.15, -0.1) is 0 Å². The Kier molecular flexibility index (Phi) is 3.34. The van der Waals surface area contributed by atoms with Crippen molar-refractivity contribution < 1.29 is 14.7 Å². The number of carbonyl (C=O) groups is 2. The lowest BCUT2D eigenvalue weighted by Gasteiger charge is -2.42. The highest BCUT2D eigenvalue weighted by Gasteiger charge is 2.35. The van der Waals surface area contributed by atoms with Crippen LogP contribution in [0, 0.1) is 5.92 Å². The number of hydrogen-bond donors (Lipinski definition) is 1. The first-order valence-electron chi connectivity index (χ1n) is 7.01. The van der Waals surface area contributed by atoms with Crippen LogP contribution in [-0.2, 0) is 11.2 Å². The summed E-state index contributed by atoms with van der Waals surface area (Å²) in [6.07, 6.45) is 2.15. The molecule has 5 nitrogen and oxygen atoms in total. The second-order valence-corrected chi connectivity index (χ2v) is 5.54. The number of urea groups is 1. The van der Waals surface area contributed by atoms with Gasteiger partial charge in [-0.05, 0) is 24.5 Å². The van der Waals surface area contributed by atoms with Crippen LogP contribution in [0.15, 0.2) is 24.3 Å². The van der Waals surface area contributed by atoms with Crippen LogP contribution >= 0.6 is 0 Å². The van der Waals surface area contributed by atoms with Gasteiger partial charge in [-0.3, -0.25) is 9.69 Å². The van der Waals surface area contributed by atoms with Gasteiger partial charge in [0.15, 0.2) is 0 Å². The van der Waals surface area contributed by atoms with E-state index in [1.807, 2.05) is 23.1 Å². The minimum atomic E-state index is -0.787. The largest absolute Gasteiger partial charge is 0.481 e. The molecule has 20 heavy (non-hydrogen) atoms. The molecule has 2 amide bonds. The van der Waals surface area contributed by atoms with Crippen LogP contribution in [-0.4, -0.2) is 41.6 Å². The number of benzene rings is 1. The molecular formula is C15H18N2O3. The van der Waals surface area contributed by atoms with E-state index in [0.29, 0.717) is 13.1 Å². The standard InChI is InChI=1S/C15H18N2O3/c18-14(19)8-11-9-16(10-11)15(20)17-7-3-5-12-4-1-2-6-13(12)17/h1-2,4,6,11H,3,5,7-10H2,(H,18,19). The van der Waals surface area contributed by atoms with E-state index in [4.69, 9.17) is 5.11 Å². The predicted octanol–water partition coefficient (Wildman–Crippen LogP) is 1.97. The van der Waals surface area contributed by atoms with Crippen molar-refractivity contribution in [1.29, 1.82) is 0 Å². The number of aliphatic carboxylic acids is 1. The van der Waals surface area contributed by atoms with E-state index in [9.17, 15) is 9.59 Å². The number of anilines is 1. The molecule has 1 N–H and O–H groups in total.